The number of hydrogen-bond acceptors (Lipinski definition) is 3. The summed E-state index contributed by atoms with van der Waals surface area (Å²) in [4.78, 5) is 13.9. The fourth-order valence-corrected chi connectivity index (χ4v) is 4.33. The third-order valence-corrected chi connectivity index (χ3v) is 5.36. The highest BCUT2D eigenvalue weighted by Gasteiger charge is 2.70. The molecule has 2 fully saturated rings. The summed E-state index contributed by atoms with van der Waals surface area (Å²) in [6.07, 6.45) is -2.13. The van der Waals surface area contributed by atoms with Gasteiger partial charge in [0, 0.05) is 5.69 Å². The maximum absolute atomic E-state index is 12.9. The lowest BCUT2D eigenvalue weighted by Gasteiger charge is -2.30. The zero-order valence-electron chi connectivity index (χ0n) is 13.0. The average Bonchev–Trinajstić information content (AvgIpc) is 3.03. The number of aliphatic hydroxyl groups is 1. The third-order valence-electron chi connectivity index (χ3n) is 5.36. The van der Waals surface area contributed by atoms with Gasteiger partial charge in [0.15, 0.2) is 0 Å². The van der Waals surface area contributed by atoms with Gasteiger partial charge in [0.05, 0.1) is 28.6 Å². The maximum atomic E-state index is 12.9. The molecule has 0 saturated carbocycles. The number of nitrogens with zero attached hydrogens (tertiary/aromatic N) is 1. The Labute approximate surface area is 136 Å². The number of ether oxygens (including phenoxy) is 1. The largest absolute Gasteiger partial charge is 0.416 e. The van der Waals surface area contributed by atoms with Crippen molar-refractivity contribution in [2.45, 2.75) is 37.5 Å². The van der Waals surface area contributed by atoms with Crippen LogP contribution in [0.3, 0.4) is 0 Å². The molecule has 4 rings (SSSR count). The summed E-state index contributed by atoms with van der Waals surface area (Å²) in [5.41, 5.74) is -2.45. The maximum Gasteiger partial charge on any atom is 0.416 e. The van der Waals surface area contributed by atoms with Crippen LogP contribution in [0.15, 0.2) is 36.4 Å². The third kappa shape index (κ3) is 1.85. The van der Waals surface area contributed by atoms with Gasteiger partial charge in [-0.2, -0.15) is 13.2 Å². The number of amides is 1. The summed E-state index contributed by atoms with van der Waals surface area (Å²) in [5, 5.41) is 10.7. The Balaban J connectivity index is 1.76. The molecule has 2 unspecified atom stereocenters. The second kappa shape index (κ2) is 4.40. The molecule has 1 aromatic rings. The summed E-state index contributed by atoms with van der Waals surface area (Å²) in [5.74, 6) is -1.55. The number of benzene rings is 1. The average molecular weight is 339 g/mol. The normalized spacial score (nSPS) is 40.5. The molecule has 3 aliphatic rings. The molecule has 0 radical (unpaired) electrons. The molecule has 7 heteroatoms. The van der Waals surface area contributed by atoms with Crippen LogP contribution in [0.4, 0.5) is 18.9 Å². The van der Waals surface area contributed by atoms with Crippen LogP contribution in [0.25, 0.3) is 0 Å². The fraction of sp³-hybridized carbons (Fsp3) is 0.471. The number of rotatable bonds is 1. The second-order valence-electron chi connectivity index (χ2n) is 6.98. The minimum Gasteiger partial charge on any atom is -0.373 e. The predicted molar refractivity (Wildman–Crippen MR) is 79.0 cm³/mol. The molecule has 1 N–H and O–H groups in total. The number of aliphatic hydroxyl groups excluding tert-OH is 1. The summed E-state index contributed by atoms with van der Waals surface area (Å²) in [7, 11) is 0. The number of hydrogen-bond donors (Lipinski definition) is 1. The van der Waals surface area contributed by atoms with E-state index in [9.17, 15) is 23.1 Å². The van der Waals surface area contributed by atoms with E-state index < -0.39 is 46.9 Å². The Morgan fingerprint density at radius 3 is 2.50 bits per heavy atom. The first-order valence-electron chi connectivity index (χ1n) is 7.66. The van der Waals surface area contributed by atoms with Crippen molar-refractivity contribution < 1.29 is 27.8 Å². The summed E-state index contributed by atoms with van der Waals surface area (Å²) in [6, 6.07) is 4.47. The van der Waals surface area contributed by atoms with Gasteiger partial charge >= 0.3 is 6.18 Å². The van der Waals surface area contributed by atoms with Gasteiger partial charge < -0.3 is 9.84 Å². The standard InChI is InChI=1S/C17H16F3NO3/c1-15-6-7-16(2,24-15)12-11(15)13(22)21(14(12)23)10-5-3-4-9(8-10)17(18,19)20/h3-8,11-13,22H,1-2H3/t11-,12+,13?,15-,16?/m1/s1. The van der Waals surface area contributed by atoms with Crippen molar-refractivity contribution in [3.05, 3.63) is 42.0 Å². The van der Waals surface area contributed by atoms with E-state index in [0.717, 1.165) is 17.0 Å². The van der Waals surface area contributed by atoms with Crippen molar-refractivity contribution in [1.29, 1.82) is 0 Å². The lowest BCUT2D eigenvalue weighted by molar-refractivity contribution is -0.137. The lowest BCUT2D eigenvalue weighted by Crippen LogP contribution is -2.42. The van der Waals surface area contributed by atoms with Crippen molar-refractivity contribution in [2.24, 2.45) is 11.8 Å². The molecule has 3 aliphatic heterocycles. The monoisotopic (exact) mass is 339 g/mol. The van der Waals surface area contributed by atoms with Crippen molar-refractivity contribution in [2.75, 3.05) is 4.90 Å². The fourth-order valence-electron chi connectivity index (χ4n) is 4.33. The van der Waals surface area contributed by atoms with E-state index >= 15 is 0 Å². The molecule has 5 atom stereocenters. The molecule has 0 aliphatic carbocycles. The molecular formula is C17H16F3NO3. The highest BCUT2D eigenvalue weighted by molar-refractivity contribution is 6.00. The minimum atomic E-state index is -4.51. The molecule has 1 aromatic carbocycles. The van der Waals surface area contributed by atoms with Crippen molar-refractivity contribution >= 4 is 11.6 Å². The first kappa shape index (κ1) is 15.7. The van der Waals surface area contributed by atoms with Gasteiger partial charge in [-0.15, -0.1) is 0 Å². The molecule has 3 heterocycles. The van der Waals surface area contributed by atoms with E-state index in [0.29, 0.717) is 0 Å². The van der Waals surface area contributed by atoms with E-state index in [2.05, 4.69) is 0 Å². The number of fused-ring (bicyclic) bond motifs is 5. The van der Waals surface area contributed by atoms with Gasteiger partial charge in [0.2, 0.25) is 5.91 Å². The number of alkyl halides is 3. The van der Waals surface area contributed by atoms with Crippen molar-refractivity contribution in [3.63, 3.8) is 0 Å². The highest BCUT2D eigenvalue weighted by Crippen LogP contribution is 2.58. The van der Waals surface area contributed by atoms with Gasteiger partial charge in [-0.3, -0.25) is 9.69 Å². The van der Waals surface area contributed by atoms with E-state index in [1.807, 2.05) is 6.08 Å². The molecule has 128 valence electrons. The van der Waals surface area contributed by atoms with Gasteiger partial charge in [0.1, 0.15) is 6.23 Å². The molecule has 2 saturated heterocycles. The zero-order chi connectivity index (χ0) is 17.5. The van der Waals surface area contributed by atoms with E-state index in [1.165, 1.54) is 12.1 Å². The van der Waals surface area contributed by atoms with Gasteiger partial charge in [-0.05, 0) is 32.0 Å². The van der Waals surface area contributed by atoms with Crippen LogP contribution in [0.2, 0.25) is 0 Å². The molecule has 2 bridgehead atoms. The number of carbonyl (C=O) groups excluding carboxylic acids is 1. The van der Waals surface area contributed by atoms with Crippen LogP contribution in [0.1, 0.15) is 19.4 Å². The van der Waals surface area contributed by atoms with Crippen LogP contribution < -0.4 is 4.90 Å². The van der Waals surface area contributed by atoms with Crippen LogP contribution in [-0.2, 0) is 15.7 Å². The van der Waals surface area contributed by atoms with Crippen LogP contribution in [0, 0.1) is 11.8 Å². The van der Waals surface area contributed by atoms with Gasteiger partial charge in [-0.1, -0.05) is 18.2 Å². The van der Waals surface area contributed by atoms with Gasteiger partial charge in [0.25, 0.3) is 0 Å². The number of carbonyl (C=O) groups is 1. The Hall–Kier alpha value is -1.86. The Morgan fingerprint density at radius 2 is 1.88 bits per heavy atom. The molecular weight excluding hydrogens is 323 g/mol. The first-order valence-corrected chi connectivity index (χ1v) is 7.66. The molecule has 0 spiro atoms. The molecule has 4 nitrogen and oxygen atoms in total. The SMILES string of the molecule is CC12C=C[C@@](C)(O1)[C@H]1C(O)N(c3cccc(C(F)(F)F)c3)C(=O)[C@H]12. The lowest BCUT2D eigenvalue weighted by atomic mass is 9.73. The van der Waals surface area contributed by atoms with Gasteiger partial charge in [-0.25, -0.2) is 0 Å². The second-order valence-corrected chi connectivity index (χ2v) is 6.98. The smallest absolute Gasteiger partial charge is 0.373 e. The minimum absolute atomic E-state index is 0.0447. The van der Waals surface area contributed by atoms with Crippen LogP contribution in [0.5, 0.6) is 0 Å². The van der Waals surface area contributed by atoms with Crippen LogP contribution >= 0.6 is 0 Å². The van der Waals surface area contributed by atoms with E-state index in [4.69, 9.17) is 4.74 Å². The summed E-state index contributed by atoms with van der Waals surface area (Å²) in [6.45, 7) is 3.55. The molecule has 0 aromatic heterocycles. The summed E-state index contributed by atoms with van der Waals surface area (Å²) < 4.78 is 44.7. The van der Waals surface area contributed by atoms with E-state index in [1.54, 1.807) is 19.9 Å². The molecule has 1 amide bonds. The van der Waals surface area contributed by atoms with Crippen molar-refractivity contribution in [1.82, 2.24) is 0 Å². The quantitative estimate of drug-likeness (QED) is 0.801. The Kier molecular flexibility index (Phi) is 2.87. The highest BCUT2D eigenvalue weighted by atomic mass is 19.4. The number of halogens is 3. The summed E-state index contributed by atoms with van der Waals surface area (Å²) >= 11 is 0. The molecule has 24 heavy (non-hydrogen) atoms. The first-order chi connectivity index (χ1) is 11.1. The zero-order valence-corrected chi connectivity index (χ0v) is 13.0. The predicted octanol–water partition coefficient (Wildman–Crippen LogP) is 2.72. The number of anilines is 1. The topological polar surface area (TPSA) is 49.8 Å². The Morgan fingerprint density at radius 1 is 1.21 bits per heavy atom. The van der Waals surface area contributed by atoms with Crippen molar-refractivity contribution in [3.8, 4) is 0 Å². The van der Waals surface area contributed by atoms with Crippen LogP contribution in [-0.4, -0.2) is 28.4 Å². The Bertz CT molecular complexity index is 762. The van der Waals surface area contributed by atoms with E-state index in [-0.39, 0.29) is 5.69 Å².